The Balaban J connectivity index is 1.68. The lowest BCUT2D eigenvalue weighted by atomic mass is 9.99. The first kappa shape index (κ1) is 28.1. The summed E-state index contributed by atoms with van der Waals surface area (Å²) in [6, 6.07) is 2.98. The molecule has 1 aliphatic heterocycles. The van der Waals surface area contributed by atoms with Crippen molar-refractivity contribution in [1.82, 2.24) is 15.3 Å². The number of nitrogens with zero attached hydrogens (tertiary/aromatic N) is 1. The van der Waals surface area contributed by atoms with E-state index in [1.54, 1.807) is 32.3 Å². The number of phenols is 1. The van der Waals surface area contributed by atoms with Crippen molar-refractivity contribution in [2.75, 3.05) is 13.2 Å². The average molecular weight is 514 g/mol. The highest BCUT2D eigenvalue weighted by Gasteiger charge is 2.25. The lowest BCUT2D eigenvalue weighted by Crippen LogP contribution is -2.32. The van der Waals surface area contributed by atoms with Crippen molar-refractivity contribution < 1.29 is 34.4 Å². The summed E-state index contributed by atoms with van der Waals surface area (Å²) in [6.07, 6.45) is 7.29. The number of esters is 1. The molecule has 3 rings (SSSR count). The number of phenolic OH excluding ortho intramolecular Hbond substituents is 1. The molecule has 1 aliphatic rings. The van der Waals surface area contributed by atoms with Crippen LogP contribution in [0.1, 0.15) is 54.9 Å². The van der Waals surface area contributed by atoms with Crippen LogP contribution >= 0.6 is 0 Å². The topological polar surface area (TPSA) is 154 Å². The number of H-pyrrole nitrogens is 1. The summed E-state index contributed by atoms with van der Waals surface area (Å²) in [4.78, 5) is 32.3. The molecule has 0 amide bonds. The Labute approximate surface area is 216 Å². The molecule has 0 spiro atoms. The van der Waals surface area contributed by atoms with Gasteiger partial charge in [-0.05, 0) is 50.4 Å². The molecule has 4 atom stereocenters. The number of carbonyl (C=O) groups excluding carboxylic acids is 2. The van der Waals surface area contributed by atoms with Gasteiger partial charge in [0, 0.05) is 24.4 Å². The van der Waals surface area contributed by atoms with Crippen LogP contribution in [0.4, 0.5) is 0 Å². The zero-order valence-corrected chi connectivity index (χ0v) is 21.1. The molecule has 2 unspecified atom stereocenters. The molecule has 2 aromatic rings. The Morgan fingerprint density at radius 2 is 2.00 bits per heavy atom. The molecule has 0 radical (unpaired) electrons. The van der Waals surface area contributed by atoms with Gasteiger partial charge >= 0.3 is 5.97 Å². The molecule has 0 saturated carbocycles. The van der Waals surface area contributed by atoms with E-state index in [4.69, 9.17) is 9.47 Å². The predicted molar refractivity (Wildman–Crippen MR) is 137 cm³/mol. The Morgan fingerprint density at radius 1 is 1.19 bits per heavy atom. The number of aliphatic hydroxyl groups is 2. The zero-order chi connectivity index (χ0) is 26.8. The number of carbonyl (C=O) groups is 2. The van der Waals surface area contributed by atoms with Gasteiger partial charge in [-0.25, -0.2) is 9.78 Å². The Kier molecular flexibility index (Phi) is 10.4. The number of hydrogen-bond donors (Lipinski definition) is 5. The molecule has 1 aromatic carbocycles. The summed E-state index contributed by atoms with van der Waals surface area (Å²) in [5.41, 5.74) is 0.303. The molecule has 5 N–H and O–H groups in total. The number of aromatic amines is 1. The van der Waals surface area contributed by atoms with Crippen LogP contribution in [0.2, 0.25) is 0 Å². The lowest BCUT2D eigenvalue weighted by Gasteiger charge is -2.20. The first-order chi connectivity index (χ1) is 17.8. The van der Waals surface area contributed by atoms with Crippen molar-refractivity contribution in [2.24, 2.45) is 5.92 Å². The summed E-state index contributed by atoms with van der Waals surface area (Å²) in [7, 11) is 0. The number of imidazole rings is 1. The van der Waals surface area contributed by atoms with Crippen LogP contribution in [0, 0.1) is 5.92 Å². The quantitative estimate of drug-likeness (QED) is 0.265. The van der Waals surface area contributed by atoms with Crippen LogP contribution in [-0.2, 0) is 16.1 Å². The number of nitrogens with one attached hydrogen (secondary N) is 2. The van der Waals surface area contributed by atoms with E-state index in [1.807, 2.05) is 0 Å². The number of fused-ring (bicyclic) bond motifs is 1. The van der Waals surface area contributed by atoms with Gasteiger partial charge in [0.1, 0.15) is 35.1 Å². The van der Waals surface area contributed by atoms with E-state index in [-0.39, 0.29) is 23.7 Å². The molecule has 10 nitrogen and oxygen atoms in total. The molecule has 200 valence electrons. The molecule has 0 saturated heterocycles. The molecule has 2 heterocycles. The van der Waals surface area contributed by atoms with Gasteiger partial charge in [0.2, 0.25) is 0 Å². The predicted octanol–water partition coefficient (Wildman–Crippen LogP) is 2.51. The highest BCUT2D eigenvalue weighted by Crippen LogP contribution is 2.31. The summed E-state index contributed by atoms with van der Waals surface area (Å²) in [6.45, 7) is 5.27. The minimum absolute atomic E-state index is 0.0306. The standard InChI is InChI=1S/C27H35N3O7/c1-17-8-9-22(32)26(34)21(31)7-5-6-19-14-20(15-23(33)25(19)27(35)37-18(17)2)36-13-4-3-10-28-16-24-29-11-12-30-24/h5-6,8-9,11-12,14-15,17-18,21,26,28,31,33-34H,3-4,7,10,13,16H2,1-2H3,(H,29,30)/b6-5+,9-8-/t17-,18?,21?,26+/m1/s1. The number of aromatic hydroxyl groups is 1. The molecule has 37 heavy (non-hydrogen) atoms. The normalized spacial score (nSPS) is 24.5. The van der Waals surface area contributed by atoms with E-state index in [1.165, 1.54) is 30.4 Å². The maximum Gasteiger partial charge on any atom is 0.342 e. The third-order valence-electron chi connectivity index (χ3n) is 6.12. The van der Waals surface area contributed by atoms with E-state index < -0.39 is 30.1 Å². The highest BCUT2D eigenvalue weighted by atomic mass is 16.5. The third-order valence-corrected chi connectivity index (χ3v) is 6.12. The van der Waals surface area contributed by atoms with Crippen molar-refractivity contribution >= 4 is 17.8 Å². The van der Waals surface area contributed by atoms with Crippen LogP contribution in [-0.4, -0.2) is 68.5 Å². The minimum Gasteiger partial charge on any atom is -0.507 e. The summed E-state index contributed by atoms with van der Waals surface area (Å²) >= 11 is 0. The van der Waals surface area contributed by atoms with Gasteiger partial charge in [-0.1, -0.05) is 25.2 Å². The number of aromatic nitrogens is 2. The maximum absolute atomic E-state index is 12.9. The second kappa shape index (κ2) is 13.7. The number of unbranched alkanes of at least 4 members (excludes halogenated alkanes) is 1. The number of rotatable bonds is 8. The monoisotopic (exact) mass is 513 g/mol. The number of ether oxygens (including phenoxy) is 2. The fourth-order valence-corrected chi connectivity index (χ4v) is 3.69. The van der Waals surface area contributed by atoms with Gasteiger partial charge in [-0.2, -0.15) is 0 Å². The van der Waals surface area contributed by atoms with E-state index >= 15 is 0 Å². The molecule has 1 aromatic heterocycles. The smallest absolute Gasteiger partial charge is 0.342 e. The Bertz CT molecular complexity index is 1100. The minimum atomic E-state index is -1.58. The van der Waals surface area contributed by atoms with Gasteiger partial charge in [-0.15, -0.1) is 0 Å². The van der Waals surface area contributed by atoms with E-state index in [0.717, 1.165) is 25.2 Å². The average Bonchev–Trinajstić information content (AvgIpc) is 3.38. The maximum atomic E-state index is 12.9. The van der Waals surface area contributed by atoms with E-state index in [2.05, 4.69) is 15.3 Å². The van der Waals surface area contributed by atoms with Gasteiger partial charge in [0.05, 0.1) is 19.3 Å². The number of ketones is 1. The van der Waals surface area contributed by atoms with Crippen molar-refractivity contribution in [3.8, 4) is 11.5 Å². The van der Waals surface area contributed by atoms with Crippen LogP contribution in [0.25, 0.3) is 6.08 Å². The fourth-order valence-electron chi connectivity index (χ4n) is 3.69. The largest absolute Gasteiger partial charge is 0.507 e. The number of aliphatic hydroxyl groups excluding tert-OH is 2. The zero-order valence-electron chi connectivity index (χ0n) is 21.1. The van der Waals surface area contributed by atoms with Crippen molar-refractivity contribution in [3.63, 3.8) is 0 Å². The van der Waals surface area contributed by atoms with Crippen LogP contribution in [0.15, 0.2) is 42.8 Å². The Hall–Kier alpha value is -3.47. The lowest BCUT2D eigenvalue weighted by molar-refractivity contribution is -0.127. The highest BCUT2D eigenvalue weighted by molar-refractivity contribution is 5.97. The van der Waals surface area contributed by atoms with Gasteiger partial charge in [0.15, 0.2) is 5.78 Å². The second-order valence-electron chi connectivity index (χ2n) is 9.06. The molecular formula is C27H35N3O7. The van der Waals surface area contributed by atoms with Gasteiger partial charge in [0.25, 0.3) is 0 Å². The van der Waals surface area contributed by atoms with E-state index in [0.29, 0.717) is 24.5 Å². The summed E-state index contributed by atoms with van der Waals surface area (Å²) in [5.74, 6) is -0.746. The first-order valence-electron chi connectivity index (χ1n) is 12.4. The second-order valence-corrected chi connectivity index (χ2v) is 9.06. The van der Waals surface area contributed by atoms with Gasteiger partial charge in [-0.3, -0.25) is 4.79 Å². The van der Waals surface area contributed by atoms with Crippen molar-refractivity contribution in [2.45, 2.75) is 58.0 Å². The van der Waals surface area contributed by atoms with Crippen LogP contribution in [0.5, 0.6) is 11.5 Å². The van der Waals surface area contributed by atoms with Crippen LogP contribution in [0.3, 0.4) is 0 Å². The summed E-state index contributed by atoms with van der Waals surface area (Å²) < 4.78 is 11.3. The third kappa shape index (κ3) is 8.28. The molecule has 0 fully saturated rings. The molecule has 0 bridgehead atoms. The number of benzene rings is 1. The molecule has 10 heteroatoms. The van der Waals surface area contributed by atoms with Crippen molar-refractivity contribution in [1.29, 1.82) is 0 Å². The van der Waals surface area contributed by atoms with Crippen LogP contribution < -0.4 is 10.1 Å². The SMILES string of the molecule is CC1OC(=O)c2c(O)cc(OCCCCNCc3ncc[nH]3)cc2/C=C/CC(O)[C@H](O)C(=O)/C=C\[C@H]1C. The Morgan fingerprint density at radius 3 is 2.76 bits per heavy atom. The van der Waals surface area contributed by atoms with E-state index in [9.17, 15) is 24.9 Å². The number of cyclic esters (lactones) is 1. The first-order valence-corrected chi connectivity index (χ1v) is 12.4. The summed E-state index contributed by atoms with van der Waals surface area (Å²) in [5, 5.41) is 34.3. The molecule has 0 aliphatic carbocycles. The molecular weight excluding hydrogens is 478 g/mol. The fraction of sp³-hybridized carbons (Fsp3) is 0.444. The van der Waals surface area contributed by atoms with Crippen molar-refractivity contribution in [3.05, 3.63) is 59.7 Å². The van der Waals surface area contributed by atoms with Gasteiger partial charge < -0.3 is 35.1 Å². The number of hydrogen-bond acceptors (Lipinski definition) is 9.